The number of anilines is 1. The van der Waals surface area contributed by atoms with Gasteiger partial charge < -0.3 is 4.90 Å². The number of hydrogen-bond acceptors (Lipinski definition) is 2. The van der Waals surface area contributed by atoms with E-state index in [1.54, 1.807) is 0 Å². The molecule has 114 valence electrons. The van der Waals surface area contributed by atoms with E-state index < -0.39 is 0 Å². The van der Waals surface area contributed by atoms with E-state index in [1.807, 2.05) is 6.08 Å². The highest BCUT2D eigenvalue weighted by molar-refractivity contribution is 6.00. The molecule has 0 spiro atoms. The minimum atomic E-state index is 0.303. The highest BCUT2D eigenvalue weighted by atomic mass is 16.1. The molecule has 2 aliphatic rings. The maximum atomic E-state index is 12.0. The fourth-order valence-electron chi connectivity index (χ4n) is 3.33. The molecule has 0 aromatic heterocycles. The van der Waals surface area contributed by atoms with Gasteiger partial charge in [0, 0.05) is 31.3 Å². The first kappa shape index (κ1) is 14.8. The average Bonchev–Trinajstić information content (AvgIpc) is 2.93. The fraction of sp³-hybridized carbons (Fsp3) is 0.350. The van der Waals surface area contributed by atoms with Crippen molar-refractivity contribution in [3.8, 4) is 0 Å². The first-order valence-corrected chi connectivity index (χ1v) is 8.02. The zero-order valence-corrected chi connectivity index (χ0v) is 13.6. The van der Waals surface area contributed by atoms with E-state index >= 15 is 0 Å². The van der Waals surface area contributed by atoms with Gasteiger partial charge in [0.25, 0.3) is 0 Å². The monoisotopic (exact) mass is 293 g/mol. The van der Waals surface area contributed by atoms with Gasteiger partial charge >= 0.3 is 0 Å². The molecule has 0 radical (unpaired) electrons. The number of ketones is 1. The van der Waals surface area contributed by atoms with Gasteiger partial charge in [-0.05, 0) is 49.5 Å². The van der Waals surface area contributed by atoms with Crippen LogP contribution < -0.4 is 4.90 Å². The third kappa shape index (κ3) is 2.66. The Morgan fingerprint density at radius 3 is 2.82 bits per heavy atom. The number of nitrogens with zero attached hydrogens (tertiary/aromatic N) is 1. The highest BCUT2D eigenvalue weighted by Gasteiger charge is 2.24. The molecule has 3 rings (SSSR count). The van der Waals surface area contributed by atoms with Gasteiger partial charge in [-0.1, -0.05) is 35.9 Å². The number of carbonyl (C=O) groups excluding carboxylic acids is 1. The molecule has 2 heteroatoms. The lowest BCUT2D eigenvalue weighted by molar-refractivity contribution is -0.114. The standard InChI is InChI=1S/C20H23NO/c1-4-21(3)19-9-5-7-16(14(19)2)11-15-12-17-8-6-10-20(22)18(17)13-15/h5-9,11H,4,10,12-13H2,1-3H3/b15-11+. The summed E-state index contributed by atoms with van der Waals surface area (Å²) in [6, 6.07) is 6.46. The number of allylic oxidation sites excluding steroid dienone is 5. The summed E-state index contributed by atoms with van der Waals surface area (Å²) < 4.78 is 0. The van der Waals surface area contributed by atoms with Crippen LogP contribution in [0.2, 0.25) is 0 Å². The number of hydrogen-bond donors (Lipinski definition) is 0. The molecule has 0 N–H and O–H groups in total. The topological polar surface area (TPSA) is 20.3 Å². The Labute approximate surface area is 132 Å². The summed E-state index contributed by atoms with van der Waals surface area (Å²) in [4.78, 5) is 14.2. The van der Waals surface area contributed by atoms with Gasteiger partial charge in [-0.2, -0.15) is 0 Å². The van der Waals surface area contributed by atoms with E-state index in [4.69, 9.17) is 0 Å². The van der Waals surface area contributed by atoms with Crippen LogP contribution in [-0.4, -0.2) is 19.4 Å². The zero-order valence-electron chi connectivity index (χ0n) is 13.6. The predicted octanol–water partition coefficient (Wildman–Crippen LogP) is 4.45. The van der Waals surface area contributed by atoms with Gasteiger partial charge in [-0.25, -0.2) is 0 Å². The summed E-state index contributed by atoms with van der Waals surface area (Å²) in [6.45, 7) is 5.34. The van der Waals surface area contributed by atoms with Gasteiger partial charge in [-0.15, -0.1) is 0 Å². The van der Waals surface area contributed by atoms with Gasteiger partial charge in [0.05, 0.1) is 0 Å². The van der Waals surface area contributed by atoms with Crippen LogP contribution in [-0.2, 0) is 4.79 Å². The van der Waals surface area contributed by atoms with Crippen molar-refractivity contribution in [1.29, 1.82) is 0 Å². The number of rotatable bonds is 3. The first-order chi connectivity index (χ1) is 10.6. The van der Waals surface area contributed by atoms with E-state index in [-0.39, 0.29) is 0 Å². The van der Waals surface area contributed by atoms with Crippen LogP contribution in [0.5, 0.6) is 0 Å². The molecule has 0 heterocycles. The van der Waals surface area contributed by atoms with Crippen LogP contribution in [0.4, 0.5) is 5.69 Å². The van der Waals surface area contributed by atoms with Crippen molar-refractivity contribution >= 4 is 17.5 Å². The normalized spacial score (nSPS) is 19.0. The Hall–Kier alpha value is -2.09. The maximum Gasteiger partial charge on any atom is 0.163 e. The van der Waals surface area contributed by atoms with Crippen molar-refractivity contribution in [2.75, 3.05) is 18.5 Å². The molecule has 1 aromatic carbocycles. The Kier molecular flexibility index (Phi) is 4.02. The maximum absolute atomic E-state index is 12.0. The van der Waals surface area contributed by atoms with Crippen molar-refractivity contribution in [2.24, 2.45) is 0 Å². The molecule has 0 atom stereocenters. The Morgan fingerprint density at radius 1 is 1.27 bits per heavy atom. The summed E-state index contributed by atoms with van der Waals surface area (Å²) in [5.41, 5.74) is 7.47. The van der Waals surface area contributed by atoms with Crippen molar-refractivity contribution in [3.05, 3.63) is 58.2 Å². The quantitative estimate of drug-likeness (QED) is 0.820. The molecule has 1 aromatic rings. The van der Waals surface area contributed by atoms with E-state index in [2.05, 4.69) is 56.1 Å². The van der Waals surface area contributed by atoms with Crippen LogP contribution in [0, 0.1) is 6.92 Å². The number of carbonyl (C=O) groups is 1. The van der Waals surface area contributed by atoms with Crippen LogP contribution in [0.3, 0.4) is 0 Å². The molecular formula is C20H23NO. The molecule has 0 saturated carbocycles. The van der Waals surface area contributed by atoms with E-state index in [9.17, 15) is 4.79 Å². The molecular weight excluding hydrogens is 270 g/mol. The second-order valence-corrected chi connectivity index (χ2v) is 6.20. The van der Waals surface area contributed by atoms with Crippen LogP contribution in [0.15, 0.2) is 47.1 Å². The lowest BCUT2D eigenvalue weighted by atomic mass is 9.99. The molecule has 0 aliphatic heterocycles. The molecule has 0 unspecified atom stereocenters. The SMILES string of the molecule is CCN(C)c1cccc(/C=C2\CC3=C(C2)C(=O)CC=C3)c1C. The molecule has 2 aliphatic carbocycles. The molecule has 0 bridgehead atoms. The summed E-state index contributed by atoms with van der Waals surface area (Å²) in [6.07, 6.45) is 8.72. The Morgan fingerprint density at radius 2 is 2.09 bits per heavy atom. The predicted molar refractivity (Wildman–Crippen MR) is 93.1 cm³/mol. The largest absolute Gasteiger partial charge is 0.375 e. The molecule has 0 saturated heterocycles. The van der Waals surface area contributed by atoms with Crippen molar-refractivity contribution in [2.45, 2.75) is 33.1 Å². The molecule has 2 nitrogen and oxygen atoms in total. The van der Waals surface area contributed by atoms with Gasteiger partial charge in [-0.3, -0.25) is 4.79 Å². The van der Waals surface area contributed by atoms with E-state index in [0.717, 1.165) is 25.0 Å². The second-order valence-electron chi connectivity index (χ2n) is 6.20. The van der Waals surface area contributed by atoms with Gasteiger partial charge in [0.2, 0.25) is 0 Å². The third-order valence-electron chi connectivity index (χ3n) is 4.76. The zero-order chi connectivity index (χ0) is 15.7. The van der Waals surface area contributed by atoms with Crippen molar-refractivity contribution in [3.63, 3.8) is 0 Å². The van der Waals surface area contributed by atoms with Crippen molar-refractivity contribution in [1.82, 2.24) is 0 Å². The minimum absolute atomic E-state index is 0.303. The van der Waals surface area contributed by atoms with Crippen molar-refractivity contribution < 1.29 is 4.79 Å². The van der Waals surface area contributed by atoms with Gasteiger partial charge in [0.1, 0.15) is 0 Å². The Bertz CT molecular complexity index is 706. The number of benzene rings is 1. The van der Waals surface area contributed by atoms with Crippen LogP contribution in [0.1, 0.15) is 37.3 Å². The Balaban J connectivity index is 1.89. The lowest BCUT2D eigenvalue weighted by Gasteiger charge is -2.20. The first-order valence-electron chi connectivity index (χ1n) is 8.02. The molecule has 0 amide bonds. The summed E-state index contributed by atoms with van der Waals surface area (Å²) in [5, 5.41) is 0. The fourth-order valence-corrected chi connectivity index (χ4v) is 3.33. The average molecular weight is 293 g/mol. The summed E-state index contributed by atoms with van der Waals surface area (Å²) >= 11 is 0. The van der Waals surface area contributed by atoms with Crippen LogP contribution in [0.25, 0.3) is 6.08 Å². The second kappa shape index (κ2) is 5.96. The van der Waals surface area contributed by atoms with Crippen LogP contribution >= 0.6 is 0 Å². The molecule has 22 heavy (non-hydrogen) atoms. The summed E-state index contributed by atoms with van der Waals surface area (Å²) in [5.74, 6) is 0.303. The molecule has 0 fully saturated rings. The minimum Gasteiger partial charge on any atom is -0.375 e. The lowest BCUT2D eigenvalue weighted by Crippen LogP contribution is -2.17. The summed E-state index contributed by atoms with van der Waals surface area (Å²) in [7, 11) is 2.12. The highest BCUT2D eigenvalue weighted by Crippen LogP contribution is 2.37. The van der Waals surface area contributed by atoms with E-state index in [1.165, 1.54) is 28.0 Å². The number of Topliss-reactive ketones (excluding diaryl/α,β-unsaturated/α-hetero) is 1. The smallest absolute Gasteiger partial charge is 0.163 e. The van der Waals surface area contributed by atoms with Gasteiger partial charge in [0.15, 0.2) is 5.78 Å². The third-order valence-corrected chi connectivity index (χ3v) is 4.76. The van der Waals surface area contributed by atoms with E-state index in [0.29, 0.717) is 12.2 Å².